The van der Waals surface area contributed by atoms with Gasteiger partial charge in [-0.1, -0.05) is 12.1 Å². The number of aromatic nitrogens is 1. The van der Waals surface area contributed by atoms with Gasteiger partial charge in [-0.15, -0.1) is 23.1 Å². The number of para-hydroxylation sites is 1. The van der Waals surface area contributed by atoms with E-state index in [2.05, 4.69) is 23.5 Å². The summed E-state index contributed by atoms with van der Waals surface area (Å²) in [6, 6.07) is 8.28. The fourth-order valence-electron chi connectivity index (χ4n) is 2.62. The molecule has 1 aliphatic heterocycles. The molecular formula is C16H18N2OS2. The molecule has 5 heteroatoms. The quantitative estimate of drug-likeness (QED) is 0.925. The minimum atomic E-state index is 0.0954. The van der Waals surface area contributed by atoms with E-state index in [4.69, 9.17) is 9.72 Å². The third kappa shape index (κ3) is 2.70. The zero-order chi connectivity index (χ0) is 14.2. The summed E-state index contributed by atoms with van der Waals surface area (Å²) in [5.41, 5.74) is 1.32. The van der Waals surface area contributed by atoms with Crippen molar-refractivity contribution in [3.8, 4) is 5.75 Å². The lowest BCUT2D eigenvalue weighted by molar-refractivity contribution is 0.219. The zero-order valence-corrected chi connectivity index (χ0v) is 13.6. The Labute approximate surface area is 133 Å². The molecule has 0 amide bonds. The van der Waals surface area contributed by atoms with Crippen LogP contribution in [0.25, 0.3) is 0 Å². The van der Waals surface area contributed by atoms with Gasteiger partial charge in [-0.25, -0.2) is 4.98 Å². The van der Waals surface area contributed by atoms with Gasteiger partial charge in [0.05, 0.1) is 5.69 Å². The monoisotopic (exact) mass is 318 g/mol. The molecule has 1 aromatic heterocycles. The molecule has 1 fully saturated rings. The number of thioether (sulfide) groups is 1. The molecule has 0 saturated heterocycles. The number of ether oxygens (including phenoxy) is 1. The number of fused-ring (bicyclic) bond motifs is 1. The second-order valence-corrected chi connectivity index (χ2v) is 7.71. The molecule has 0 radical (unpaired) electrons. The fraction of sp³-hybridized carbons (Fsp3) is 0.438. The molecule has 1 atom stereocenters. The Hall–Kier alpha value is -1.04. The van der Waals surface area contributed by atoms with Crippen LogP contribution in [-0.2, 0) is 6.54 Å². The van der Waals surface area contributed by atoms with Crippen molar-refractivity contribution in [3.05, 3.63) is 39.8 Å². The Kier molecular flexibility index (Phi) is 3.65. The minimum Gasteiger partial charge on any atom is -0.481 e. The first-order chi connectivity index (χ1) is 10.3. The summed E-state index contributed by atoms with van der Waals surface area (Å²) in [7, 11) is 2.00. The Morgan fingerprint density at radius 3 is 3.00 bits per heavy atom. The Balaban J connectivity index is 1.61. The van der Waals surface area contributed by atoms with Crippen LogP contribution >= 0.6 is 23.1 Å². The van der Waals surface area contributed by atoms with E-state index in [1.165, 1.54) is 28.3 Å². The first-order valence-corrected chi connectivity index (χ1v) is 9.18. The largest absolute Gasteiger partial charge is 0.481 e. The van der Waals surface area contributed by atoms with Gasteiger partial charge in [-0.3, -0.25) is 0 Å². The van der Waals surface area contributed by atoms with E-state index in [0.29, 0.717) is 5.92 Å². The fourth-order valence-corrected chi connectivity index (χ4v) is 4.91. The molecule has 2 aromatic rings. The van der Waals surface area contributed by atoms with Crippen LogP contribution in [0.1, 0.15) is 40.4 Å². The summed E-state index contributed by atoms with van der Waals surface area (Å²) >= 11 is 3.69. The SMILES string of the molecule is CNCc1sc(C2CSc3ccccc3O2)nc1C1CC1. The molecule has 0 bridgehead atoms. The van der Waals surface area contributed by atoms with Crippen molar-refractivity contribution < 1.29 is 4.74 Å². The van der Waals surface area contributed by atoms with Crippen LogP contribution in [0.4, 0.5) is 0 Å². The van der Waals surface area contributed by atoms with Gasteiger partial charge in [0, 0.05) is 28.0 Å². The third-order valence-corrected chi connectivity index (χ3v) is 6.11. The third-order valence-electron chi connectivity index (χ3n) is 3.83. The van der Waals surface area contributed by atoms with Crippen LogP contribution in [0.3, 0.4) is 0 Å². The number of hydrogen-bond donors (Lipinski definition) is 1. The molecule has 0 spiro atoms. The molecule has 2 aliphatic rings. The van der Waals surface area contributed by atoms with E-state index < -0.39 is 0 Å². The lowest BCUT2D eigenvalue weighted by atomic mass is 10.2. The summed E-state index contributed by atoms with van der Waals surface area (Å²) in [6.07, 6.45) is 2.68. The number of nitrogens with zero attached hydrogens (tertiary/aromatic N) is 1. The van der Waals surface area contributed by atoms with Gasteiger partial charge in [0.15, 0.2) is 6.10 Å². The first-order valence-electron chi connectivity index (χ1n) is 7.37. The molecule has 1 N–H and O–H groups in total. The van der Waals surface area contributed by atoms with Gasteiger partial charge in [-0.2, -0.15) is 0 Å². The molecule has 1 saturated carbocycles. The van der Waals surface area contributed by atoms with Gasteiger partial charge in [0.1, 0.15) is 10.8 Å². The highest BCUT2D eigenvalue weighted by molar-refractivity contribution is 7.99. The zero-order valence-electron chi connectivity index (χ0n) is 12.0. The van der Waals surface area contributed by atoms with E-state index in [1.807, 2.05) is 36.2 Å². The Bertz CT molecular complexity index is 651. The average molecular weight is 318 g/mol. The van der Waals surface area contributed by atoms with Crippen LogP contribution in [0.2, 0.25) is 0 Å². The van der Waals surface area contributed by atoms with E-state index in [0.717, 1.165) is 23.1 Å². The predicted molar refractivity (Wildman–Crippen MR) is 87.4 cm³/mol. The van der Waals surface area contributed by atoms with Crippen molar-refractivity contribution in [2.24, 2.45) is 0 Å². The highest BCUT2D eigenvalue weighted by Crippen LogP contribution is 2.46. The van der Waals surface area contributed by atoms with E-state index in [1.54, 1.807) is 0 Å². The molecule has 2 heterocycles. The minimum absolute atomic E-state index is 0.0954. The van der Waals surface area contributed by atoms with Gasteiger partial charge >= 0.3 is 0 Å². The second kappa shape index (κ2) is 5.63. The van der Waals surface area contributed by atoms with Crippen molar-refractivity contribution in [2.45, 2.75) is 36.3 Å². The molecule has 4 rings (SSSR count). The van der Waals surface area contributed by atoms with Crippen molar-refractivity contribution >= 4 is 23.1 Å². The summed E-state index contributed by atoms with van der Waals surface area (Å²) < 4.78 is 6.17. The molecule has 1 aliphatic carbocycles. The second-order valence-electron chi connectivity index (χ2n) is 5.53. The maximum Gasteiger partial charge on any atom is 0.159 e. The van der Waals surface area contributed by atoms with Crippen molar-refractivity contribution in [3.63, 3.8) is 0 Å². The Morgan fingerprint density at radius 1 is 1.33 bits per heavy atom. The number of rotatable bonds is 4. The van der Waals surface area contributed by atoms with E-state index in [9.17, 15) is 0 Å². The molecule has 1 unspecified atom stereocenters. The van der Waals surface area contributed by atoms with Gasteiger partial charge in [-0.05, 0) is 32.0 Å². The summed E-state index contributed by atoms with van der Waals surface area (Å²) in [5.74, 6) is 2.65. The van der Waals surface area contributed by atoms with Gasteiger partial charge in [0.2, 0.25) is 0 Å². The van der Waals surface area contributed by atoms with Gasteiger partial charge in [0.25, 0.3) is 0 Å². The molecule has 1 aromatic carbocycles. The highest BCUT2D eigenvalue weighted by atomic mass is 32.2. The molecular weight excluding hydrogens is 300 g/mol. The smallest absolute Gasteiger partial charge is 0.159 e. The summed E-state index contributed by atoms with van der Waals surface area (Å²) in [4.78, 5) is 7.56. The van der Waals surface area contributed by atoms with Crippen molar-refractivity contribution in [1.82, 2.24) is 10.3 Å². The van der Waals surface area contributed by atoms with Crippen molar-refractivity contribution in [2.75, 3.05) is 12.8 Å². The lowest BCUT2D eigenvalue weighted by Crippen LogP contribution is -2.14. The van der Waals surface area contributed by atoms with Crippen LogP contribution in [-0.4, -0.2) is 17.8 Å². The van der Waals surface area contributed by atoms with Crippen LogP contribution in [0.5, 0.6) is 5.75 Å². The normalized spacial score (nSPS) is 20.9. The molecule has 3 nitrogen and oxygen atoms in total. The van der Waals surface area contributed by atoms with E-state index in [-0.39, 0.29) is 6.10 Å². The van der Waals surface area contributed by atoms with Crippen molar-refractivity contribution in [1.29, 1.82) is 0 Å². The first kappa shape index (κ1) is 13.6. The number of hydrogen-bond acceptors (Lipinski definition) is 5. The number of benzene rings is 1. The van der Waals surface area contributed by atoms with Crippen LogP contribution < -0.4 is 10.1 Å². The number of nitrogens with one attached hydrogen (secondary N) is 1. The maximum absolute atomic E-state index is 6.17. The Morgan fingerprint density at radius 2 is 2.19 bits per heavy atom. The average Bonchev–Trinajstić information content (AvgIpc) is 3.28. The standard InChI is InChI=1S/C16H18N2OS2/c1-17-8-14-15(10-6-7-10)18-16(21-14)12-9-20-13-5-3-2-4-11(13)19-12/h2-5,10,12,17H,6-9H2,1H3. The molecule has 21 heavy (non-hydrogen) atoms. The number of thiazole rings is 1. The maximum atomic E-state index is 6.17. The van der Waals surface area contributed by atoms with Crippen LogP contribution in [0.15, 0.2) is 29.2 Å². The topological polar surface area (TPSA) is 34.1 Å². The highest BCUT2D eigenvalue weighted by Gasteiger charge is 2.32. The molecule has 110 valence electrons. The van der Waals surface area contributed by atoms with Gasteiger partial charge < -0.3 is 10.1 Å². The predicted octanol–water partition coefficient (Wildman–Crippen LogP) is 3.97. The van der Waals surface area contributed by atoms with E-state index >= 15 is 0 Å². The summed E-state index contributed by atoms with van der Waals surface area (Å²) in [5, 5.41) is 4.41. The summed E-state index contributed by atoms with van der Waals surface area (Å²) in [6.45, 7) is 0.917. The lowest BCUT2D eigenvalue weighted by Gasteiger charge is -2.23. The van der Waals surface area contributed by atoms with Crippen LogP contribution in [0, 0.1) is 0 Å².